The lowest BCUT2D eigenvalue weighted by Crippen LogP contribution is -2.44. The quantitative estimate of drug-likeness (QED) is 0.381. The summed E-state index contributed by atoms with van der Waals surface area (Å²) in [6.45, 7) is 14.0. The molecule has 4 rings (SSSR count). The van der Waals surface area contributed by atoms with Crippen LogP contribution in [0, 0.1) is 0 Å². The van der Waals surface area contributed by atoms with Gasteiger partial charge in [0.1, 0.15) is 11.4 Å². The summed E-state index contributed by atoms with van der Waals surface area (Å²) < 4.78 is 14.0. The van der Waals surface area contributed by atoms with Gasteiger partial charge in [0.25, 0.3) is 5.91 Å². The van der Waals surface area contributed by atoms with E-state index in [-0.39, 0.29) is 23.0 Å². The Morgan fingerprint density at radius 1 is 1.03 bits per heavy atom. The van der Waals surface area contributed by atoms with Crippen LogP contribution in [-0.2, 0) is 4.74 Å². The number of benzene rings is 2. The normalized spacial score (nSPS) is 17.1. The summed E-state index contributed by atoms with van der Waals surface area (Å²) in [5.74, 6) is 1.08. The lowest BCUT2D eigenvalue weighted by atomic mass is 9.79. The van der Waals surface area contributed by atoms with E-state index in [2.05, 4.69) is 33.8 Å². The fourth-order valence-electron chi connectivity index (χ4n) is 5.57. The van der Waals surface area contributed by atoms with Gasteiger partial charge in [0, 0.05) is 30.1 Å². The Morgan fingerprint density at radius 3 is 2.22 bits per heavy atom. The molecule has 1 fully saturated rings. The van der Waals surface area contributed by atoms with Crippen molar-refractivity contribution in [3.63, 3.8) is 0 Å². The number of carbonyl (C=O) groups excluding carboxylic acids is 1. The fraction of sp³-hybridized carbons (Fsp3) is 0.467. The van der Waals surface area contributed by atoms with E-state index in [4.69, 9.17) is 14.6 Å². The van der Waals surface area contributed by atoms with E-state index in [0.717, 1.165) is 41.2 Å². The molecule has 0 saturated carbocycles. The summed E-state index contributed by atoms with van der Waals surface area (Å²) in [6.07, 6.45) is 1.80. The van der Waals surface area contributed by atoms with Crippen molar-refractivity contribution in [2.75, 3.05) is 20.2 Å². The lowest BCUT2D eigenvalue weighted by Gasteiger charge is -2.45. The molecule has 0 N–H and O–H groups in total. The number of carbonyl (C=O) groups is 1. The van der Waals surface area contributed by atoms with Gasteiger partial charge in [0.05, 0.1) is 29.7 Å². The van der Waals surface area contributed by atoms with Gasteiger partial charge in [0.15, 0.2) is 0 Å². The minimum absolute atomic E-state index is 0.0529. The zero-order valence-electron chi connectivity index (χ0n) is 22.7. The molecule has 6 heteroatoms. The third kappa shape index (κ3) is 5.34. The highest BCUT2D eigenvalue weighted by Crippen LogP contribution is 2.44. The van der Waals surface area contributed by atoms with Crippen molar-refractivity contribution < 1.29 is 14.3 Å². The van der Waals surface area contributed by atoms with Crippen LogP contribution in [0.1, 0.15) is 76.4 Å². The van der Waals surface area contributed by atoms with Crippen molar-refractivity contribution in [2.24, 2.45) is 0 Å². The molecule has 0 spiro atoms. The second-order valence-electron chi connectivity index (χ2n) is 10.8. The molecule has 2 heterocycles. The van der Waals surface area contributed by atoms with Crippen LogP contribution in [-0.4, -0.2) is 52.0 Å². The van der Waals surface area contributed by atoms with Gasteiger partial charge < -0.3 is 14.4 Å². The van der Waals surface area contributed by atoms with E-state index in [1.165, 1.54) is 0 Å². The summed E-state index contributed by atoms with van der Waals surface area (Å²) in [5.41, 5.74) is 4.14. The standard InChI is InChI=1S/C30H39N3O3/c1-8-32(9-2)28(34)22-16-14-21(15-17-22)26-18-24(23-19-29(3,4)36-30(5,6)20-23)31-33(26)25-12-10-11-13-27(25)35-7/h10-18,23H,8-9,19-20H2,1-7H3. The van der Waals surface area contributed by atoms with Crippen LogP contribution >= 0.6 is 0 Å². The van der Waals surface area contributed by atoms with Crippen molar-refractivity contribution in [1.82, 2.24) is 14.7 Å². The van der Waals surface area contributed by atoms with Crippen LogP contribution in [0.15, 0.2) is 54.6 Å². The van der Waals surface area contributed by atoms with E-state index < -0.39 is 0 Å². The number of aromatic nitrogens is 2. The van der Waals surface area contributed by atoms with E-state index in [1.807, 2.05) is 72.0 Å². The topological polar surface area (TPSA) is 56.6 Å². The zero-order chi connectivity index (χ0) is 26.1. The van der Waals surface area contributed by atoms with Crippen molar-refractivity contribution in [3.05, 3.63) is 65.9 Å². The van der Waals surface area contributed by atoms with Gasteiger partial charge in [-0.15, -0.1) is 0 Å². The lowest BCUT2D eigenvalue weighted by molar-refractivity contribution is -0.162. The molecule has 0 radical (unpaired) electrons. The van der Waals surface area contributed by atoms with E-state index in [1.54, 1.807) is 7.11 Å². The predicted molar refractivity (Wildman–Crippen MR) is 144 cm³/mol. The smallest absolute Gasteiger partial charge is 0.253 e. The van der Waals surface area contributed by atoms with Crippen LogP contribution < -0.4 is 4.74 Å². The Kier molecular flexibility index (Phi) is 7.28. The minimum Gasteiger partial charge on any atom is -0.494 e. The van der Waals surface area contributed by atoms with E-state index in [0.29, 0.717) is 18.7 Å². The molecule has 0 atom stereocenters. The molecule has 1 saturated heterocycles. The maximum absolute atomic E-state index is 12.8. The first-order chi connectivity index (χ1) is 17.1. The number of amides is 1. The fourth-order valence-corrected chi connectivity index (χ4v) is 5.57. The molecule has 3 aromatic rings. The number of rotatable bonds is 7. The van der Waals surface area contributed by atoms with Crippen LogP contribution in [0.3, 0.4) is 0 Å². The molecule has 1 aromatic heterocycles. The Labute approximate surface area is 215 Å². The number of nitrogens with zero attached hydrogens (tertiary/aromatic N) is 3. The second-order valence-corrected chi connectivity index (χ2v) is 10.8. The summed E-state index contributed by atoms with van der Waals surface area (Å²) in [5, 5.41) is 5.14. The summed E-state index contributed by atoms with van der Waals surface area (Å²) >= 11 is 0. The predicted octanol–water partition coefficient (Wildman–Crippen LogP) is 6.48. The van der Waals surface area contributed by atoms with Crippen molar-refractivity contribution >= 4 is 5.91 Å². The first-order valence-electron chi connectivity index (χ1n) is 12.9. The summed E-state index contributed by atoms with van der Waals surface area (Å²) in [6, 6.07) is 18.0. The molecule has 36 heavy (non-hydrogen) atoms. The largest absolute Gasteiger partial charge is 0.494 e. The third-order valence-corrected chi connectivity index (χ3v) is 6.97. The maximum atomic E-state index is 12.8. The zero-order valence-corrected chi connectivity index (χ0v) is 22.7. The average Bonchev–Trinajstić information content (AvgIpc) is 3.28. The highest BCUT2D eigenvalue weighted by atomic mass is 16.5. The molecule has 1 aliphatic heterocycles. The minimum atomic E-state index is -0.229. The van der Waals surface area contributed by atoms with Gasteiger partial charge in [-0.3, -0.25) is 4.79 Å². The van der Waals surface area contributed by atoms with Gasteiger partial charge in [-0.05, 0) is 84.7 Å². The number of hydrogen-bond donors (Lipinski definition) is 0. The van der Waals surface area contributed by atoms with E-state index in [9.17, 15) is 4.79 Å². The molecule has 2 aromatic carbocycles. The molecular formula is C30H39N3O3. The van der Waals surface area contributed by atoms with Gasteiger partial charge in [-0.1, -0.05) is 24.3 Å². The van der Waals surface area contributed by atoms with Crippen molar-refractivity contribution in [3.8, 4) is 22.7 Å². The Bertz CT molecular complexity index is 1190. The molecule has 192 valence electrons. The van der Waals surface area contributed by atoms with Crippen molar-refractivity contribution in [2.45, 2.75) is 71.5 Å². The molecule has 6 nitrogen and oxygen atoms in total. The number of ether oxygens (including phenoxy) is 2. The van der Waals surface area contributed by atoms with Crippen LogP contribution in [0.25, 0.3) is 16.9 Å². The highest BCUT2D eigenvalue weighted by molar-refractivity contribution is 5.94. The molecule has 1 aliphatic rings. The first-order valence-corrected chi connectivity index (χ1v) is 12.9. The Hall–Kier alpha value is -3.12. The van der Waals surface area contributed by atoms with Gasteiger partial charge in [-0.25, -0.2) is 4.68 Å². The molecule has 1 amide bonds. The monoisotopic (exact) mass is 489 g/mol. The Morgan fingerprint density at radius 2 is 1.64 bits per heavy atom. The number of methoxy groups -OCH3 is 1. The van der Waals surface area contributed by atoms with E-state index >= 15 is 0 Å². The van der Waals surface area contributed by atoms with Crippen molar-refractivity contribution in [1.29, 1.82) is 0 Å². The van der Waals surface area contributed by atoms with Gasteiger partial charge in [0.2, 0.25) is 0 Å². The Balaban J connectivity index is 1.79. The molecule has 0 aliphatic carbocycles. The first kappa shape index (κ1) is 26.0. The van der Waals surface area contributed by atoms with Crippen LogP contribution in [0.4, 0.5) is 0 Å². The van der Waals surface area contributed by atoms with Gasteiger partial charge >= 0.3 is 0 Å². The van der Waals surface area contributed by atoms with Crippen LogP contribution in [0.2, 0.25) is 0 Å². The molecule has 0 unspecified atom stereocenters. The highest BCUT2D eigenvalue weighted by Gasteiger charge is 2.41. The molecular weight excluding hydrogens is 450 g/mol. The third-order valence-electron chi connectivity index (χ3n) is 6.97. The number of hydrogen-bond acceptors (Lipinski definition) is 4. The molecule has 0 bridgehead atoms. The second kappa shape index (κ2) is 10.1. The summed E-state index contributed by atoms with van der Waals surface area (Å²) in [4.78, 5) is 14.7. The SMILES string of the molecule is CCN(CC)C(=O)c1ccc(-c2cc(C3CC(C)(C)OC(C)(C)C3)nn2-c2ccccc2OC)cc1. The number of para-hydroxylation sites is 2. The average molecular weight is 490 g/mol. The maximum Gasteiger partial charge on any atom is 0.253 e. The van der Waals surface area contributed by atoms with Gasteiger partial charge in [-0.2, -0.15) is 5.10 Å². The van der Waals surface area contributed by atoms with Crippen LogP contribution in [0.5, 0.6) is 5.75 Å². The summed E-state index contributed by atoms with van der Waals surface area (Å²) in [7, 11) is 1.68.